The Labute approximate surface area is 109 Å². The molecule has 0 aliphatic rings. The molecule has 0 amide bonds. The molecule has 0 saturated carbocycles. The van der Waals surface area contributed by atoms with Crippen LogP contribution in [0.15, 0.2) is 53.2 Å². The Kier molecular flexibility index (Phi) is 5.99. The fourth-order valence-electron chi connectivity index (χ4n) is 0.834. The Morgan fingerprint density at radius 1 is 1.00 bits per heavy atom. The van der Waals surface area contributed by atoms with Crippen molar-refractivity contribution in [1.82, 2.24) is 0 Å². The summed E-state index contributed by atoms with van der Waals surface area (Å²) in [5, 5.41) is 4.08. The summed E-state index contributed by atoms with van der Waals surface area (Å²) in [4.78, 5) is 0. The molecule has 0 aliphatic heterocycles. The molecular formula is C10H9ClO4S2. The van der Waals surface area contributed by atoms with E-state index in [0.717, 1.165) is 0 Å². The molecule has 0 N–H and O–H groups in total. The topological polar surface area (TPSA) is 52.6 Å². The standard InChI is InChI=1S/C6H5ClO4S.C4H4S/c7-11-12(8,9)10-6-4-2-1-3-5-6;1-2-4-5-3-1/h1-5H;1-4H. The van der Waals surface area contributed by atoms with Crippen LogP contribution in [0.4, 0.5) is 0 Å². The van der Waals surface area contributed by atoms with Crippen molar-refractivity contribution in [3.63, 3.8) is 0 Å². The average molecular weight is 293 g/mol. The molecule has 0 spiro atoms. The number of benzene rings is 1. The molecule has 1 aromatic carbocycles. The van der Waals surface area contributed by atoms with E-state index in [4.69, 9.17) is 0 Å². The normalized spacial score (nSPS) is 10.2. The molecule has 0 radical (unpaired) electrons. The van der Waals surface area contributed by atoms with Gasteiger partial charge >= 0.3 is 10.4 Å². The van der Waals surface area contributed by atoms with Gasteiger partial charge in [0, 0.05) is 0 Å². The molecule has 2 rings (SSSR count). The molecule has 1 aromatic heterocycles. The maximum atomic E-state index is 10.6. The van der Waals surface area contributed by atoms with E-state index in [1.54, 1.807) is 29.5 Å². The summed E-state index contributed by atoms with van der Waals surface area (Å²) in [7, 11) is -4.11. The van der Waals surface area contributed by atoms with E-state index < -0.39 is 10.4 Å². The second-order valence-electron chi connectivity index (χ2n) is 2.66. The van der Waals surface area contributed by atoms with E-state index in [1.807, 2.05) is 22.9 Å². The molecule has 17 heavy (non-hydrogen) atoms. The zero-order valence-corrected chi connectivity index (χ0v) is 10.9. The first-order valence-corrected chi connectivity index (χ1v) is 6.99. The van der Waals surface area contributed by atoms with Gasteiger partial charge in [-0.1, -0.05) is 30.3 Å². The second-order valence-corrected chi connectivity index (χ2v) is 4.96. The summed E-state index contributed by atoms with van der Waals surface area (Å²) < 4.78 is 29.1. The van der Waals surface area contributed by atoms with Crippen molar-refractivity contribution in [2.45, 2.75) is 0 Å². The number of hydrogen-bond donors (Lipinski definition) is 0. The van der Waals surface area contributed by atoms with Gasteiger partial charge in [-0.25, -0.2) is 0 Å². The molecule has 2 aromatic rings. The quantitative estimate of drug-likeness (QED) is 0.871. The summed E-state index contributed by atoms with van der Waals surface area (Å²) >= 11 is 6.34. The minimum atomic E-state index is -4.11. The van der Waals surface area contributed by atoms with Gasteiger partial charge in [-0.2, -0.15) is 19.8 Å². The third-order valence-corrected chi connectivity index (χ3v) is 3.09. The van der Waals surface area contributed by atoms with E-state index in [2.05, 4.69) is 19.8 Å². The van der Waals surface area contributed by atoms with Crippen molar-refractivity contribution in [3.8, 4) is 5.75 Å². The lowest BCUT2D eigenvalue weighted by Crippen LogP contribution is -2.07. The van der Waals surface area contributed by atoms with Crippen LogP contribution in [0.25, 0.3) is 0 Å². The van der Waals surface area contributed by atoms with Gasteiger partial charge in [0.25, 0.3) is 0 Å². The maximum Gasteiger partial charge on any atom is 0.465 e. The molecule has 92 valence electrons. The first-order chi connectivity index (χ1) is 8.14. The van der Waals surface area contributed by atoms with Crippen LogP contribution in [0.1, 0.15) is 0 Å². The van der Waals surface area contributed by atoms with Crippen LogP contribution >= 0.6 is 23.2 Å². The van der Waals surface area contributed by atoms with Crippen LogP contribution in [0.2, 0.25) is 0 Å². The van der Waals surface area contributed by atoms with Crippen molar-refractivity contribution >= 4 is 33.6 Å². The summed E-state index contributed by atoms with van der Waals surface area (Å²) in [6, 6.07) is 11.9. The van der Waals surface area contributed by atoms with Gasteiger partial charge in [-0.15, -0.1) is 3.74 Å². The van der Waals surface area contributed by atoms with Crippen LogP contribution in [0, 0.1) is 0 Å². The highest BCUT2D eigenvalue weighted by molar-refractivity contribution is 7.82. The predicted molar refractivity (Wildman–Crippen MR) is 67.2 cm³/mol. The summed E-state index contributed by atoms with van der Waals surface area (Å²) in [5.74, 6) is 0.151. The van der Waals surface area contributed by atoms with Gasteiger partial charge in [-0.3, -0.25) is 0 Å². The largest absolute Gasteiger partial charge is 0.465 e. The van der Waals surface area contributed by atoms with Gasteiger partial charge in [0.1, 0.15) is 5.75 Å². The van der Waals surface area contributed by atoms with Crippen molar-refractivity contribution in [2.75, 3.05) is 0 Å². The lowest BCUT2D eigenvalue weighted by atomic mass is 10.3. The fraction of sp³-hybridized carbons (Fsp3) is 0. The van der Waals surface area contributed by atoms with E-state index in [1.165, 1.54) is 12.1 Å². The highest BCUT2D eigenvalue weighted by Gasteiger charge is 2.11. The van der Waals surface area contributed by atoms with Gasteiger partial charge in [0.15, 0.2) is 0 Å². The van der Waals surface area contributed by atoms with Crippen molar-refractivity contribution in [2.24, 2.45) is 0 Å². The minimum Gasteiger partial charge on any atom is -0.361 e. The number of thiophene rings is 1. The second kappa shape index (κ2) is 7.29. The molecule has 0 unspecified atom stereocenters. The summed E-state index contributed by atoms with van der Waals surface area (Å²) in [6.45, 7) is 0. The number of halogens is 1. The van der Waals surface area contributed by atoms with Crippen molar-refractivity contribution in [3.05, 3.63) is 53.2 Å². The van der Waals surface area contributed by atoms with Crippen molar-refractivity contribution in [1.29, 1.82) is 0 Å². The molecule has 0 bridgehead atoms. The Bertz CT molecular complexity index is 479. The third kappa shape index (κ3) is 6.28. The molecule has 0 aliphatic carbocycles. The highest BCUT2D eigenvalue weighted by atomic mass is 35.5. The molecule has 4 nitrogen and oxygen atoms in total. The first-order valence-electron chi connectivity index (χ1n) is 4.41. The minimum absolute atomic E-state index is 0.151. The van der Waals surface area contributed by atoms with Crippen LogP contribution in [-0.4, -0.2) is 8.42 Å². The van der Waals surface area contributed by atoms with E-state index in [9.17, 15) is 8.42 Å². The zero-order valence-electron chi connectivity index (χ0n) is 8.52. The molecule has 1 heterocycles. The zero-order chi connectivity index (χ0) is 12.6. The van der Waals surface area contributed by atoms with E-state index >= 15 is 0 Å². The van der Waals surface area contributed by atoms with E-state index in [0.29, 0.717) is 0 Å². The third-order valence-electron chi connectivity index (χ3n) is 1.44. The predicted octanol–water partition coefficient (Wildman–Crippen LogP) is 3.23. The van der Waals surface area contributed by atoms with Gasteiger partial charge in [0.2, 0.25) is 0 Å². The van der Waals surface area contributed by atoms with Crippen LogP contribution in [0.5, 0.6) is 5.75 Å². The average Bonchev–Trinajstić information content (AvgIpc) is 2.88. The summed E-state index contributed by atoms with van der Waals surface area (Å²) in [6.07, 6.45) is 0. The van der Waals surface area contributed by atoms with E-state index in [-0.39, 0.29) is 5.75 Å². The number of rotatable bonds is 3. The summed E-state index contributed by atoms with van der Waals surface area (Å²) in [5.41, 5.74) is 0. The molecule has 0 atom stereocenters. The lowest BCUT2D eigenvalue weighted by Gasteiger charge is -2.00. The Balaban J connectivity index is 0.000000239. The lowest BCUT2D eigenvalue weighted by molar-refractivity contribution is 0.406. The Morgan fingerprint density at radius 2 is 1.59 bits per heavy atom. The fourth-order valence-corrected chi connectivity index (χ4v) is 1.74. The van der Waals surface area contributed by atoms with Gasteiger partial charge in [-0.05, 0) is 22.9 Å². The molecule has 0 saturated heterocycles. The SMILES string of the molecule is O=S(=O)(OCl)Oc1ccccc1.c1ccsc1. The van der Waals surface area contributed by atoms with Gasteiger partial charge < -0.3 is 4.18 Å². The molecule has 0 fully saturated rings. The molecule has 7 heteroatoms. The van der Waals surface area contributed by atoms with Crippen molar-refractivity contribution < 1.29 is 16.3 Å². The van der Waals surface area contributed by atoms with Gasteiger partial charge in [0.05, 0.1) is 11.9 Å². The first kappa shape index (κ1) is 14.0. The highest BCUT2D eigenvalue weighted by Crippen LogP contribution is 2.12. The number of hydrogen-bond acceptors (Lipinski definition) is 5. The van der Waals surface area contributed by atoms with Crippen LogP contribution in [-0.2, 0) is 14.1 Å². The maximum absolute atomic E-state index is 10.6. The van der Waals surface area contributed by atoms with Crippen LogP contribution < -0.4 is 4.18 Å². The smallest absolute Gasteiger partial charge is 0.361 e. The molecular weight excluding hydrogens is 284 g/mol. The monoisotopic (exact) mass is 292 g/mol. The Morgan fingerprint density at radius 3 is 2.00 bits per heavy atom. The van der Waals surface area contributed by atoms with Crippen LogP contribution in [0.3, 0.4) is 0 Å². The Hall–Kier alpha value is -1.08. The number of para-hydroxylation sites is 1.